The van der Waals surface area contributed by atoms with Crippen molar-refractivity contribution in [3.05, 3.63) is 42.1 Å². The number of carbonyl (C=O) groups is 1. The summed E-state index contributed by atoms with van der Waals surface area (Å²) in [6.07, 6.45) is 1.40. The van der Waals surface area contributed by atoms with Crippen molar-refractivity contribution < 1.29 is 9.53 Å². The average Bonchev–Trinajstić information content (AvgIpc) is 2.46. The standard InChI is InChI=1S/C15H16N2O2/c1-17-7-8-19-14(10-17)15(18)12-4-5-13-11(9-12)3-2-6-16-13/h2-6,9,14H,7-8,10H2,1H3. The van der Waals surface area contributed by atoms with Gasteiger partial charge in [0.25, 0.3) is 0 Å². The molecule has 2 aromatic rings. The molecule has 0 radical (unpaired) electrons. The first kappa shape index (κ1) is 12.3. The van der Waals surface area contributed by atoms with E-state index in [0.717, 1.165) is 17.4 Å². The van der Waals surface area contributed by atoms with Crippen molar-refractivity contribution in [3.8, 4) is 0 Å². The summed E-state index contributed by atoms with van der Waals surface area (Å²) in [6, 6.07) is 9.45. The Morgan fingerprint density at radius 2 is 2.32 bits per heavy atom. The number of benzene rings is 1. The summed E-state index contributed by atoms with van der Waals surface area (Å²) in [6.45, 7) is 2.15. The number of rotatable bonds is 2. The molecule has 0 spiro atoms. The maximum atomic E-state index is 12.4. The van der Waals surface area contributed by atoms with Crippen LogP contribution in [0.3, 0.4) is 0 Å². The number of morpholine rings is 1. The zero-order valence-corrected chi connectivity index (χ0v) is 10.9. The van der Waals surface area contributed by atoms with Crippen LogP contribution >= 0.6 is 0 Å². The number of Topliss-reactive ketones (excluding diaryl/α,β-unsaturated/α-hetero) is 1. The number of pyridine rings is 1. The summed E-state index contributed by atoms with van der Waals surface area (Å²) in [5, 5.41) is 0.984. The molecular formula is C15H16N2O2. The molecule has 1 saturated heterocycles. The molecule has 0 bridgehead atoms. The number of hydrogen-bond acceptors (Lipinski definition) is 4. The molecule has 0 aliphatic carbocycles. The van der Waals surface area contributed by atoms with Crippen molar-refractivity contribution in [1.82, 2.24) is 9.88 Å². The minimum Gasteiger partial charge on any atom is -0.367 e. The summed E-state index contributed by atoms with van der Waals surface area (Å²) < 4.78 is 5.57. The average molecular weight is 256 g/mol. The fraction of sp³-hybridized carbons (Fsp3) is 0.333. The highest BCUT2D eigenvalue weighted by atomic mass is 16.5. The Bertz CT molecular complexity index is 612. The molecule has 1 unspecified atom stereocenters. The van der Waals surface area contributed by atoms with Gasteiger partial charge in [0.1, 0.15) is 6.10 Å². The van der Waals surface area contributed by atoms with Gasteiger partial charge < -0.3 is 9.64 Å². The van der Waals surface area contributed by atoms with Crippen LogP contribution in [0.5, 0.6) is 0 Å². The summed E-state index contributed by atoms with van der Waals surface area (Å²) in [7, 11) is 2.01. The van der Waals surface area contributed by atoms with E-state index >= 15 is 0 Å². The van der Waals surface area contributed by atoms with E-state index in [1.165, 1.54) is 0 Å². The van der Waals surface area contributed by atoms with Crippen LogP contribution in [0.25, 0.3) is 10.9 Å². The van der Waals surface area contributed by atoms with Crippen molar-refractivity contribution in [1.29, 1.82) is 0 Å². The third-order valence-electron chi connectivity index (χ3n) is 3.45. The Morgan fingerprint density at radius 1 is 1.42 bits per heavy atom. The first-order valence-corrected chi connectivity index (χ1v) is 6.43. The van der Waals surface area contributed by atoms with E-state index in [2.05, 4.69) is 9.88 Å². The minimum atomic E-state index is -0.354. The molecule has 1 atom stereocenters. The van der Waals surface area contributed by atoms with Crippen LogP contribution in [0.15, 0.2) is 36.5 Å². The second-order valence-corrected chi connectivity index (χ2v) is 4.90. The molecule has 0 amide bonds. The van der Waals surface area contributed by atoms with Gasteiger partial charge in [-0.1, -0.05) is 6.07 Å². The SMILES string of the molecule is CN1CCOC(C(=O)c2ccc3ncccc3c2)C1. The summed E-state index contributed by atoms with van der Waals surface area (Å²) in [4.78, 5) is 18.8. The fourth-order valence-corrected chi connectivity index (χ4v) is 2.35. The third kappa shape index (κ3) is 2.50. The van der Waals surface area contributed by atoms with E-state index in [1.807, 2.05) is 37.4 Å². The van der Waals surface area contributed by atoms with Crippen LogP contribution in [0.4, 0.5) is 0 Å². The lowest BCUT2D eigenvalue weighted by atomic mass is 10.0. The molecule has 1 aliphatic rings. The maximum absolute atomic E-state index is 12.4. The van der Waals surface area contributed by atoms with Crippen LogP contribution in [-0.4, -0.2) is 48.5 Å². The molecule has 1 aliphatic heterocycles. The minimum absolute atomic E-state index is 0.0531. The van der Waals surface area contributed by atoms with Gasteiger partial charge in [-0.05, 0) is 31.3 Å². The van der Waals surface area contributed by atoms with Crippen LogP contribution in [0.2, 0.25) is 0 Å². The van der Waals surface area contributed by atoms with E-state index in [4.69, 9.17) is 4.74 Å². The van der Waals surface area contributed by atoms with Gasteiger partial charge in [0, 0.05) is 30.2 Å². The van der Waals surface area contributed by atoms with E-state index in [1.54, 1.807) is 6.20 Å². The van der Waals surface area contributed by atoms with Gasteiger partial charge in [0.15, 0.2) is 5.78 Å². The quantitative estimate of drug-likeness (QED) is 0.768. The molecular weight excluding hydrogens is 240 g/mol. The molecule has 4 nitrogen and oxygen atoms in total. The number of nitrogens with zero attached hydrogens (tertiary/aromatic N) is 2. The highest BCUT2D eigenvalue weighted by Gasteiger charge is 2.25. The number of ether oxygens (including phenoxy) is 1. The first-order valence-electron chi connectivity index (χ1n) is 6.43. The zero-order valence-electron chi connectivity index (χ0n) is 10.9. The van der Waals surface area contributed by atoms with Crippen molar-refractivity contribution in [2.75, 3.05) is 26.7 Å². The highest BCUT2D eigenvalue weighted by Crippen LogP contribution is 2.17. The van der Waals surface area contributed by atoms with E-state index in [-0.39, 0.29) is 11.9 Å². The molecule has 0 saturated carbocycles. The Balaban J connectivity index is 1.88. The molecule has 19 heavy (non-hydrogen) atoms. The molecule has 0 N–H and O–H groups in total. The second-order valence-electron chi connectivity index (χ2n) is 4.90. The van der Waals surface area contributed by atoms with Gasteiger partial charge in [-0.15, -0.1) is 0 Å². The Morgan fingerprint density at radius 3 is 3.16 bits per heavy atom. The lowest BCUT2D eigenvalue weighted by molar-refractivity contribution is -0.00861. The number of hydrogen-bond donors (Lipinski definition) is 0. The smallest absolute Gasteiger partial charge is 0.192 e. The zero-order chi connectivity index (χ0) is 13.2. The van der Waals surface area contributed by atoms with Crippen LogP contribution < -0.4 is 0 Å². The number of likely N-dealkylation sites (N-methyl/N-ethyl adjacent to an activating group) is 1. The van der Waals surface area contributed by atoms with Crippen molar-refractivity contribution in [2.24, 2.45) is 0 Å². The van der Waals surface area contributed by atoms with E-state index in [9.17, 15) is 4.79 Å². The molecule has 1 aromatic carbocycles. The van der Waals surface area contributed by atoms with E-state index in [0.29, 0.717) is 18.7 Å². The molecule has 3 rings (SSSR count). The Hall–Kier alpha value is -1.78. The number of carbonyl (C=O) groups excluding carboxylic acids is 1. The topological polar surface area (TPSA) is 42.4 Å². The Labute approximate surface area is 112 Å². The maximum Gasteiger partial charge on any atom is 0.192 e. The molecule has 1 aromatic heterocycles. The number of fused-ring (bicyclic) bond motifs is 1. The van der Waals surface area contributed by atoms with E-state index < -0.39 is 0 Å². The molecule has 1 fully saturated rings. The van der Waals surface area contributed by atoms with Crippen LogP contribution in [-0.2, 0) is 4.74 Å². The normalized spacial score (nSPS) is 20.6. The second kappa shape index (κ2) is 5.07. The first-order chi connectivity index (χ1) is 9.24. The summed E-state index contributed by atoms with van der Waals surface area (Å²) in [5.41, 5.74) is 1.60. The largest absolute Gasteiger partial charge is 0.367 e. The van der Waals surface area contributed by atoms with Gasteiger partial charge in [-0.25, -0.2) is 0 Å². The third-order valence-corrected chi connectivity index (χ3v) is 3.45. The monoisotopic (exact) mass is 256 g/mol. The Kier molecular flexibility index (Phi) is 3.27. The summed E-state index contributed by atoms with van der Waals surface area (Å²) >= 11 is 0. The summed E-state index contributed by atoms with van der Waals surface area (Å²) in [5.74, 6) is 0.0531. The predicted octanol–water partition coefficient (Wildman–Crippen LogP) is 1.75. The van der Waals surface area contributed by atoms with Crippen molar-refractivity contribution in [3.63, 3.8) is 0 Å². The van der Waals surface area contributed by atoms with Crippen LogP contribution in [0, 0.1) is 0 Å². The fourth-order valence-electron chi connectivity index (χ4n) is 2.35. The predicted molar refractivity (Wildman–Crippen MR) is 73.3 cm³/mol. The van der Waals surface area contributed by atoms with Gasteiger partial charge >= 0.3 is 0 Å². The van der Waals surface area contributed by atoms with Gasteiger partial charge in [-0.2, -0.15) is 0 Å². The van der Waals surface area contributed by atoms with Crippen molar-refractivity contribution in [2.45, 2.75) is 6.10 Å². The lowest BCUT2D eigenvalue weighted by Gasteiger charge is -2.29. The number of ketones is 1. The van der Waals surface area contributed by atoms with Gasteiger partial charge in [0.2, 0.25) is 0 Å². The van der Waals surface area contributed by atoms with Crippen LogP contribution in [0.1, 0.15) is 10.4 Å². The van der Waals surface area contributed by atoms with Crippen molar-refractivity contribution >= 4 is 16.7 Å². The molecule has 4 heteroatoms. The lowest BCUT2D eigenvalue weighted by Crippen LogP contribution is -2.44. The van der Waals surface area contributed by atoms with Gasteiger partial charge in [-0.3, -0.25) is 9.78 Å². The highest BCUT2D eigenvalue weighted by molar-refractivity contribution is 6.02. The molecule has 98 valence electrons. The van der Waals surface area contributed by atoms with Gasteiger partial charge in [0.05, 0.1) is 12.1 Å². The molecule has 2 heterocycles. The number of aromatic nitrogens is 1.